The molecule has 0 saturated heterocycles. The number of fused-ring (bicyclic) bond motifs is 1. The predicted octanol–water partition coefficient (Wildman–Crippen LogP) is 2.84. The van der Waals surface area contributed by atoms with E-state index >= 15 is 0 Å². The largest absolute Gasteiger partial charge is 0.252 e. The number of hydrogen-bond donors (Lipinski definition) is 1. The molecule has 1 aromatic heterocycles. The molecular formula is C11H8N2O3S. The van der Waals surface area contributed by atoms with E-state index in [2.05, 4.69) is 20.4 Å². The van der Waals surface area contributed by atoms with Crippen molar-refractivity contribution >= 4 is 22.9 Å². The minimum atomic E-state index is 0.541. The summed E-state index contributed by atoms with van der Waals surface area (Å²) in [6.45, 7) is 1.80. The zero-order chi connectivity index (χ0) is 12.3. The number of nitriles is 1. The Bertz CT molecular complexity index is 595. The van der Waals surface area contributed by atoms with Crippen LogP contribution in [0.25, 0.3) is 10.9 Å². The quantitative estimate of drug-likeness (QED) is 0.511. The first-order valence-electron chi connectivity index (χ1n) is 4.71. The van der Waals surface area contributed by atoms with Gasteiger partial charge in [-0.2, -0.15) is 5.26 Å². The van der Waals surface area contributed by atoms with E-state index < -0.39 is 0 Å². The minimum Gasteiger partial charge on any atom is -0.252 e. The monoisotopic (exact) mass is 248 g/mol. The molecule has 1 heterocycles. The molecule has 0 aliphatic heterocycles. The lowest BCUT2D eigenvalue weighted by Gasteiger charge is -2.03. The molecule has 0 atom stereocenters. The van der Waals surface area contributed by atoms with Crippen LogP contribution in [0.3, 0.4) is 0 Å². The van der Waals surface area contributed by atoms with E-state index in [0.29, 0.717) is 11.3 Å². The standard InChI is InChI=1S/C11H8N2O3S/c1-7-9(6-12)4-8-5-10(17-16-15-14)2-3-11(8)13-7/h2-5,14H,1H3. The first-order chi connectivity index (χ1) is 8.24. The lowest BCUT2D eigenvalue weighted by atomic mass is 10.1. The molecule has 0 saturated carbocycles. The summed E-state index contributed by atoms with van der Waals surface area (Å²) in [7, 11) is 0. The van der Waals surface area contributed by atoms with Crippen LogP contribution in [0.4, 0.5) is 0 Å². The number of hydrogen-bond acceptors (Lipinski definition) is 6. The average Bonchev–Trinajstić information content (AvgIpc) is 2.35. The Kier molecular flexibility index (Phi) is 3.56. The van der Waals surface area contributed by atoms with Gasteiger partial charge in [0.25, 0.3) is 0 Å². The first-order valence-corrected chi connectivity index (χ1v) is 5.45. The van der Waals surface area contributed by atoms with Crippen molar-refractivity contribution < 1.29 is 14.6 Å². The van der Waals surface area contributed by atoms with Gasteiger partial charge in [-0.1, -0.05) is 5.04 Å². The van der Waals surface area contributed by atoms with Gasteiger partial charge in [-0.25, -0.2) is 5.26 Å². The highest BCUT2D eigenvalue weighted by molar-refractivity contribution is 7.94. The lowest BCUT2D eigenvalue weighted by molar-refractivity contribution is -0.432. The van der Waals surface area contributed by atoms with Gasteiger partial charge in [0, 0.05) is 10.3 Å². The van der Waals surface area contributed by atoms with E-state index in [9.17, 15) is 0 Å². The van der Waals surface area contributed by atoms with Gasteiger partial charge in [-0.05, 0) is 31.2 Å². The maximum atomic E-state index is 8.92. The van der Waals surface area contributed by atoms with Gasteiger partial charge in [-0.3, -0.25) is 4.98 Å². The van der Waals surface area contributed by atoms with Crippen LogP contribution in [0, 0.1) is 18.3 Å². The van der Waals surface area contributed by atoms with Crippen molar-refractivity contribution in [3.8, 4) is 6.07 Å². The third-order valence-electron chi connectivity index (χ3n) is 2.26. The highest BCUT2D eigenvalue weighted by Crippen LogP contribution is 2.24. The second kappa shape index (κ2) is 5.12. The molecule has 5 nitrogen and oxygen atoms in total. The van der Waals surface area contributed by atoms with Gasteiger partial charge in [0.1, 0.15) is 6.07 Å². The maximum Gasteiger partial charge on any atom is 0.101 e. The van der Waals surface area contributed by atoms with Gasteiger partial charge in [0.15, 0.2) is 0 Å². The van der Waals surface area contributed by atoms with Crippen molar-refractivity contribution in [3.05, 3.63) is 35.5 Å². The van der Waals surface area contributed by atoms with Gasteiger partial charge in [0.05, 0.1) is 28.8 Å². The summed E-state index contributed by atoms with van der Waals surface area (Å²) >= 11 is 0.870. The van der Waals surface area contributed by atoms with Crippen LogP contribution in [0.2, 0.25) is 0 Å². The molecule has 0 spiro atoms. The van der Waals surface area contributed by atoms with E-state index in [0.717, 1.165) is 27.8 Å². The Labute approximate surface area is 102 Å². The minimum absolute atomic E-state index is 0.541. The highest BCUT2D eigenvalue weighted by atomic mass is 32.2. The van der Waals surface area contributed by atoms with Crippen LogP contribution in [-0.2, 0) is 9.37 Å². The van der Waals surface area contributed by atoms with Crippen molar-refractivity contribution in [1.82, 2.24) is 4.98 Å². The Morgan fingerprint density at radius 3 is 2.94 bits per heavy atom. The van der Waals surface area contributed by atoms with E-state index in [-0.39, 0.29) is 0 Å². The molecule has 86 valence electrons. The molecule has 1 N–H and O–H groups in total. The van der Waals surface area contributed by atoms with Crippen molar-refractivity contribution in [2.75, 3.05) is 0 Å². The molecule has 0 amide bonds. The highest BCUT2D eigenvalue weighted by Gasteiger charge is 2.04. The molecule has 0 fully saturated rings. The van der Waals surface area contributed by atoms with E-state index in [1.807, 2.05) is 6.07 Å². The van der Waals surface area contributed by atoms with Crippen molar-refractivity contribution in [2.24, 2.45) is 0 Å². The Morgan fingerprint density at radius 2 is 2.24 bits per heavy atom. The van der Waals surface area contributed by atoms with Gasteiger partial charge >= 0.3 is 0 Å². The van der Waals surface area contributed by atoms with Crippen LogP contribution >= 0.6 is 12.0 Å². The summed E-state index contributed by atoms with van der Waals surface area (Å²) < 4.78 is 4.34. The molecule has 2 rings (SSSR count). The second-order valence-corrected chi connectivity index (χ2v) is 4.09. The number of rotatable bonds is 3. The van der Waals surface area contributed by atoms with Crippen LogP contribution in [0.5, 0.6) is 0 Å². The maximum absolute atomic E-state index is 8.92. The predicted molar refractivity (Wildman–Crippen MR) is 61.9 cm³/mol. The summed E-state index contributed by atoms with van der Waals surface area (Å²) in [4.78, 5) is 5.05. The lowest BCUT2D eigenvalue weighted by Crippen LogP contribution is -1.89. The van der Waals surface area contributed by atoms with E-state index in [1.54, 1.807) is 25.1 Å². The fourth-order valence-electron chi connectivity index (χ4n) is 1.47. The Balaban J connectivity index is 2.46. The second-order valence-electron chi connectivity index (χ2n) is 3.31. The van der Waals surface area contributed by atoms with Crippen molar-refractivity contribution in [3.63, 3.8) is 0 Å². The zero-order valence-corrected chi connectivity index (χ0v) is 9.69. The summed E-state index contributed by atoms with van der Waals surface area (Å²) in [5.74, 6) is 0. The fraction of sp³-hybridized carbons (Fsp3) is 0.0909. The van der Waals surface area contributed by atoms with Crippen LogP contribution in [-0.4, -0.2) is 10.2 Å². The molecule has 0 radical (unpaired) electrons. The average molecular weight is 248 g/mol. The fourth-order valence-corrected chi connectivity index (χ4v) is 1.88. The number of pyridine rings is 1. The smallest absolute Gasteiger partial charge is 0.101 e. The number of benzene rings is 1. The van der Waals surface area contributed by atoms with Crippen molar-refractivity contribution in [2.45, 2.75) is 11.8 Å². The third-order valence-corrected chi connectivity index (χ3v) is 2.83. The van der Waals surface area contributed by atoms with E-state index in [1.165, 1.54) is 0 Å². The summed E-state index contributed by atoms with van der Waals surface area (Å²) in [6.07, 6.45) is 0. The Hall–Kier alpha value is -1.65. The molecular weight excluding hydrogens is 240 g/mol. The van der Waals surface area contributed by atoms with Crippen molar-refractivity contribution in [1.29, 1.82) is 5.26 Å². The molecule has 0 unspecified atom stereocenters. The molecule has 17 heavy (non-hydrogen) atoms. The van der Waals surface area contributed by atoms with Gasteiger partial charge in [0.2, 0.25) is 0 Å². The third kappa shape index (κ3) is 2.54. The SMILES string of the molecule is Cc1nc2ccc(SOOO)cc2cc1C#N. The van der Waals surface area contributed by atoms with Crippen LogP contribution < -0.4 is 0 Å². The number of aryl methyl sites for hydroxylation is 1. The zero-order valence-electron chi connectivity index (χ0n) is 8.88. The summed E-state index contributed by atoms with van der Waals surface area (Å²) in [5, 5.41) is 21.3. The molecule has 6 heteroatoms. The molecule has 0 aliphatic rings. The number of aromatic nitrogens is 1. The van der Waals surface area contributed by atoms with Gasteiger partial charge in [-0.15, -0.1) is 4.33 Å². The van der Waals surface area contributed by atoms with Crippen LogP contribution in [0.1, 0.15) is 11.3 Å². The van der Waals surface area contributed by atoms with Gasteiger partial charge < -0.3 is 0 Å². The molecule has 0 bridgehead atoms. The molecule has 0 aliphatic carbocycles. The molecule has 2 aromatic rings. The summed E-state index contributed by atoms with van der Waals surface area (Å²) in [6, 6.07) is 9.24. The van der Waals surface area contributed by atoms with E-state index in [4.69, 9.17) is 10.5 Å². The molecule has 1 aromatic carbocycles. The normalized spacial score (nSPS) is 10.4. The topological polar surface area (TPSA) is 75.4 Å². The first kappa shape index (κ1) is 11.8. The number of nitrogens with zero attached hydrogens (tertiary/aromatic N) is 2. The summed E-state index contributed by atoms with van der Waals surface area (Å²) in [5.41, 5.74) is 2.05. The Morgan fingerprint density at radius 1 is 1.41 bits per heavy atom. The van der Waals surface area contributed by atoms with Crippen LogP contribution in [0.15, 0.2) is 29.2 Å².